The van der Waals surface area contributed by atoms with Crippen molar-refractivity contribution in [2.75, 3.05) is 0 Å². The normalized spacial score (nSPS) is 12.1. The van der Waals surface area contributed by atoms with E-state index in [1.54, 1.807) is 26.1 Å². The number of halogens is 1. The van der Waals surface area contributed by atoms with E-state index in [0.717, 1.165) is 22.0 Å². The molecule has 1 atom stereocenters. The summed E-state index contributed by atoms with van der Waals surface area (Å²) in [6, 6.07) is 12.3. The average Bonchev–Trinajstić information content (AvgIpc) is 2.86. The molecule has 36 heavy (non-hydrogen) atoms. The van der Waals surface area contributed by atoms with Gasteiger partial charge in [-0.3, -0.25) is 9.59 Å². The van der Waals surface area contributed by atoms with Crippen LogP contribution < -0.4 is 15.9 Å². The van der Waals surface area contributed by atoms with Gasteiger partial charge < -0.3 is 14.9 Å². The van der Waals surface area contributed by atoms with Crippen LogP contribution in [0, 0.1) is 13.8 Å². The van der Waals surface area contributed by atoms with E-state index >= 15 is 0 Å². The largest absolute Gasteiger partial charge is 0.483 e. The molecule has 0 saturated carbocycles. The molecule has 0 unspecified atom stereocenters. The van der Waals surface area contributed by atoms with Gasteiger partial charge >= 0.3 is 0 Å². The molecule has 0 aliphatic carbocycles. The molecule has 3 heterocycles. The number of carbonyl (C=O) groups excluding carboxylic acids is 1. The van der Waals surface area contributed by atoms with Crippen LogP contribution in [-0.2, 0) is 0 Å². The number of fused-ring (bicyclic) bond motifs is 2. The molecule has 2 aromatic carbocycles. The lowest BCUT2D eigenvalue weighted by Crippen LogP contribution is -2.17. The number of ether oxygens (including phenoxy) is 1. The van der Waals surface area contributed by atoms with Crippen LogP contribution in [0.15, 0.2) is 64.2 Å². The molecule has 1 amide bonds. The van der Waals surface area contributed by atoms with Gasteiger partial charge in [-0.1, -0.05) is 23.7 Å². The Morgan fingerprint density at radius 2 is 1.94 bits per heavy atom. The first-order valence-corrected chi connectivity index (χ1v) is 11.5. The van der Waals surface area contributed by atoms with Gasteiger partial charge in [-0.15, -0.1) is 0 Å². The van der Waals surface area contributed by atoms with Crippen LogP contribution in [0.1, 0.15) is 40.2 Å². The third kappa shape index (κ3) is 4.16. The molecule has 0 aliphatic rings. The lowest BCUT2D eigenvalue weighted by molar-refractivity contribution is 0.0988. The first kappa shape index (κ1) is 23.4. The number of hydrogen-bond donors (Lipinski definition) is 1. The Morgan fingerprint density at radius 1 is 1.14 bits per heavy atom. The van der Waals surface area contributed by atoms with Gasteiger partial charge in [0.15, 0.2) is 16.9 Å². The summed E-state index contributed by atoms with van der Waals surface area (Å²) in [4.78, 5) is 37.7. The van der Waals surface area contributed by atoms with Crippen molar-refractivity contribution in [2.24, 2.45) is 5.73 Å². The zero-order valence-corrected chi connectivity index (χ0v) is 20.5. The predicted molar refractivity (Wildman–Crippen MR) is 137 cm³/mol. The minimum atomic E-state index is -0.765. The van der Waals surface area contributed by atoms with Crippen LogP contribution in [0.3, 0.4) is 0 Å². The van der Waals surface area contributed by atoms with E-state index in [1.807, 2.05) is 31.2 Å². The van der Waals surface area contributed by atoms with Crippen molar-refractivity contribution in [3.05, 3.63) is 92.7 Å². The van der Waals surface area contributed by atoms with E-state index in [-0.39, 0.29) is 22.0 Å². The Kier molecular flexibility index (Phi) is 5.89. The highest BCUT2D eigenvalue weighted by molar-refractivity contribution is 6.29. The second-order valence-electron chi connectivity index (χ2n) is 8.52. The maximum atomic E-state index is 13.4. The predicted octanol–water partition coefficient (Wildman–Crippen LogP) is 5.31. The second kappa shape index (κ2) is 9.05. The van der Waals surface area contributed by atoms with Crippen molar-refractivity contribution in [1.29, 1.82) is 0 Å². The fraction of sp³-hybridized carbons (Fsp3) is 0.148. The Balaban J connectivity index is 1.67. The standard InChI is InChI=1S/C27H21ClN4O4/c1-13-8-18(15(3)35-21-6-7-22(28)32-23(21)27(29)34)26-19(9-13)24(33)14(2)25(36-26)16-4-5-17-11-30-12-31-20(17)10-16/h4-12,15H,1-3H3,(H2,29,34)/t15-/m1/s1. The van der Waals surface area contributed by atoms with E-state index < -0.39 is 12.0 Å². The third-order valence-electron chi connectivity index (χ3n) is 5.96. The smallest absolute Gasteiger partial charge is 0.271 e. The van der Waals surface area contributed by atoms with Gasteiger partial charge in [0.05, 0.1) is 10.9 Å². The first-order valence-electron chi connectivity index (χ1n) is 11.1. The number of rotatable bonds is 5. The number of nitrogens with two attached hydrogens (primary N) is 1. The SMILES string of the molecule is Cc1cc([C@@H](C)Oc2ccc(Cl)nc2C(N)=O)c2oc(-c3ccc4cncnc4c3)c(C)c(=O)c2c1. The zero-order valence-electron chi connectivity index (χ0n) is 19.7. The molecule has 5 aromatic rings. The van der Waals surface area contributed by atoms with Crippen LogP contribution in [0.4, 0.5) is 0 Å². The summed E-state index contributed by atoms with van der Waals surface area (Å²) >= 11 is 5.93. The monoisotopic (exact) mass is 500 g/mol. The van der Waals surface area contributed by atoms with E-state index in [0.29, 0.717) is 27.9 Å². The lowest BCUT2D eigenvalue weighted by Gasteiger charge is -2.19. The summed E-state index contributed by atoms with van der Waals surface area (Å²) < 4.78 is 12.5. The molecule has 5 rings (SSSR count). The Bertz CT molecular complexity index is 1730. The summed E-state index contributed by atoms with van der Waals surface area (Å²) in [5.41, 5.74) is 9.07. The summed E-state index contributed by atoms with van der Waals surface area (Å²) in [6.45, 7) is 5.42. The fourth-order valence-electron chi connectivity index (χ4n) is 4.21. The number of amides is 1. The number of aryl methyl sites for hydroxylation is 1. The summed E-state index contributed by atoms with van der Waals surface area (Å²) in [5.74, 6) is -0.146. The Labute approximate surface area is 210 Å². The maximum absolute atomic E-state index is 13.4. The lowest BCUT2D eigenvalue weighted by atomic mass is 9.99. The van der Waals surface area contributed by atoms with Crippen molar-refractivity contribution >= 4 is 39.4 Å². The van der Waals surface area contributed by atoms with Gasteiger partial charge in [0, 0.05) is 28.3 Å². The van der Waals surface area contributed by atoms with E-state index in [9.17, 15) is 9.59 Å². The van der Waals surface area contributed by atoms with Crippen LogP contribution in [0.2, 0.25) is 5.15 Å². The number of carbonyl (C=O) groups is 1. The molecule has 0 bridgehead atoms. The molecule has 0 saturated heterocycles. The van der Waals surface area contributed by atoms with Gasteiger partial charge in [-0.2, -0.15) is 0 Å². The molecule has 2 N–H and O–H groups in total. The first-order chi connectivity index (χ1) is 17.2. The van der Waals surface area contributed by atoms with Gasteiger partial charge in [0.2, 0.25) is 0 Å². The number of nitrogens with zero attached hydrogens (tertiary/aromatic N) is 3. The van der Waals surface area contributed by atoms with Crippen molar-refractivity contribution in [2.45, 2.75) is 26.9 Å². The Morgan fingerprint density at radius 3 is 2.72 bits per heavy atom. The van der Waals surface area contributed by atoms with Crippen molar-refractivity contribution in [1.82, 2.24) is 15.0 Å². The van der Waals surface area contributed by atoms with Crippen LogP contribution in [0.5, 0.6) is 5.75 Å². The molecule has 0 spiro atoms. The minimum absolute atomic E-state index is 0.0811. The molecule has 8 nitrogen and oxygen atoms in total. The van der Waals surface area contributed by atoms with Crippen molar-refractivity contribution in [3.63, 3.8) is 0 Å². The van der Waals surface area contributed by atoms with E-state index in [4.69, 9.17) is 26.5 Å². The van der Waals surface area contributed by atoms with E-state index in [1.165, 1.54) is 18.5 Å². The van der Waals surface area contributed by atoms with Gasteiger partial charge in [-0.05, 0) is 56.7 Å². The summed E-state index contributed by atoms with van der Waals surface area (Å²) in [6.07, 6.45) is 2.58. The number of hydrogen-bond acceptors (Lipinski definition) is 7. The highest BCUT2D eigenvalue weighted by Gasteiger charge is 2.22. The van der Waals surface area contributed by atoms with Gasteiger partial charge in [0.25, 0.3) is 5.91 Å². The van der Waals surface area contributed by atoms with Gasteiger partial charge in [0.1, 0.15) is 28.9 Å². The summed E-state index contributed by atoms with van der Waals surface area (Å²) in [5, 5.41) is 1.44. The third-order valence-corrected chi connectivity index (χ3v) is 6.17. The zero-order chi connectivity index (χ0) is 25.6. The second-order valence-corrected chi connectivity index (χ2v) is 8.90. The number of benzene rings is 2. The highest BCUT2D eigenvalue weighted by atomic mass is 35.5. The molecule has 0 fully saturated rings. The summed E-state index contributed by atoms with van der Waals surface area (Å²) in [7, 11) is 0. The van der Waals surface area contributed by atoms with Crippen LogP contribution >= 0.6 is 11.6 Å². The van der Waals surface area contributed by atoms with Gasteiger partial charge in [-0.25, -0.2) is 15.0 Å². The van der Waals surface area contributed by atoms with Crippen molar-refractivity contribution < 1.29 is 13.9 Å². The van der Waals surface area contributed by atoms with Crippen molar-refractivity contribution in [3.8, 4) is 17.1 Å². The molecule has 3 aromatic heterocycles. The van der Waals surface area contributed by atoms with Crippen LogP contribution in [-0.4, -0.2) is 20.9 Å². The number of aromatic nitrogens is 3. The fourth-order valence-corrected chi connectivity index (χ4v) is 4.36. The molecule has 9 heteroatoms. The quantitative estimate of drug-likeness (QED) is 0.324. The molecular formula is C27H21ClN4O4. The van der Waals surface area contributed by atoms with E-state index in [2.05, 4.69) is 15.0 Å². The average molecular weight is 501 g/mol. The molecule has 0 aliphatic heterocycles. The molecule has 0 radical (unpaired) electrons. The Hall–Kier alpha value is -4.30. The maximum Gasteiger partial charge on any atom is 0.271 e. The highest BCUT2D eigenvalue weighted by Crippen LogP contribution is 2.34. The topological polar surface area (TPSA) is 121 Å². The molecule has 180 valence electrons. The van der Waals surface area contributed by atoms with Crippen LogP contribution in [0.25, 0.3) is 33.2 Å². The number of primary amides is 1. The number of pyridine rings is 1. The molecular weight excluding hydrogens is 480 g/mol. The minimum Gasteiger partial charge on any atom is -0.483 e.